The van der Waals surface area contributed by atoms with E-state index in [0.29, 0.717) is 6.92 Å². The lowest BCUT2D eigenvalue weighted by molar-refractivity contribution is -0.129. The SMILES string of the molecule is C[C@@H](C(F)(F)F)S(=O)(=O)N(C)[C@H](C(N)=O)c1cccc(F)c1. The average Bonchev–Trinajstić information content (AvgIpc) is 2.36. The summed E-state index contributed by atoms with van der Waals surface area (Å²) < 4.78 is 75.3. The predicted molar refractivity (Wildman–Crippen MR) is 70.5 cm³/mol. The minimum absolute atomic E-state index is 0.159. The lowest BCUT2D eigenvalue weighted by Crippen LogP contribution is -2.47. The van der Waals surface area contributed by atoms with Crippen LogP contribution in [-0.2, 0) is 14.8 Å². The van der Waals surface area contributed by atoms with Crippen LogP contribution in [0.3, 0.4) is 0 Å². The van der Waals surface area contributed by atoms with Gasteiger partial charge in [-0.15, -0.1) is 0 Å². The second-order valence-electron chi connectivity index (χ2n) is 4.60. The van der Waals surface area contributed by atoms with Gasteiger partial charge in [0.2, 0.25) is 15.9 Å². The molecule has 0 heterocycles. The summed E-state index contributed by atoms with van der Waals surface area (Å²) in [6.07, 6.45) is -5.02. The van der Waals surface area contributed by atoms with Crippen molar-refractivity contribution in [1.82, 2.24) is 4.31 Å². The summed E-state index contributed by atoms with van der Waals surface area (Å²) in [5, 5.41) is -2.74. The van der Waals surface area contributed by atoms with Crippen molar-refractivity contribution in [3.05, 3.63) is 35.6 Å². The van der Waals surface area contributed by atoms with Gasteiger partial charge in [-0.05, 0) is 24.6 Å². The predicted octanol–water partition coefficient (Wildman–Crippen LogP) is 1.56. The molecule has 0 aliphatic rings. The molecule has 124 valence electrons. The summed E-state index contributed by atoms with van der Waals surface area (Å²) in [6, 6.07) is 2.51. The number of carbonyl (C=O) groups excluding carboxylic acids is 1. The minimum Gasteiger partial charge on any atom is -0.368 e. The molecule has 0 fully saturated rings. The lowest BCUT2D eigenvalue weighted by atomic mass is 10.1. The van der Waals surface area contributed by atoms with Crippen molar-refractivity contribution in [2.45, 2.75) is 24.4 Å². The van der Waals surface area contributed by atoms with E-state index in [9.17, 15) is 30.8 Å². The van der Waals surface area contributed by atoms with Gasteiger partial charge in [0.15, 0.2) is 5.25 Å². The monoisotopic (exact) mass is 342 g/mol. The van der Waals surface area contributed by atoms with Crippen molar-refractivity contribution in [3.8, 4) is 0 Å². The molecule has 2 atom stereocenters. The van der Waals surface area contributed by atoms with Crippen molar-refractivity contribution >= 4 is 15.9 Å². The maximum absolute atomic E-state index is 13.2. The summed E-state index contributed by atoms with van der Waals surface area (Å²) in [5.41, 5.74) is 4.92. The van der Waals surface area contributed by atoms with Crippen molar-refractivity contribution in [3.63, 3.8) is 0 Å². The van der Waals surface area contributed by atoms with E-state index in [4.69, 9.17) is 5.73 Å². The van der Waals surface area contributed by atoms with Gasteiger partial charge < -0.3 is 5.73 Å². The number of benzene rings is 1. The number of sulfonamides is 1. The zero-order valence-electron chi connectivity index (χ0n) is 11.6. The van der Waals surface area contributed by atoms with Crippen LogP contribution in [0.2, 0.25) is 0 Å². The van der Waals surface area contributed by atoms with Gasteiger partial charge in [-0.25, -0.2) is 12.8 Å². The first-order valence-electron chi connectivity index (χ1n) is 5.97. The number of hydrogen-bond acceptors (Lipinski definition) is 3. The molecule has 10 heteroatoms. The first-order chi connectivity index (χ1) is 9.89. The summed E-state index contributed by atoms with van der Waals surface area (Å²) >= 11 is 0. The first kappa shape index (κ1) is 18.4. The van der Waals surface area contributed by atoms with E-state index < -0.39 is 39.2 Å². The Morgan fingerprint density at radius 1 is 1.32 bits per heavy atom. The number of hydrogen-bond donors (Lipinski definition) is 1. The molecule has 0 saturated carbocycles. The van der Waals surface area contributed by atoms with Gasteiger partial charge in [-0.1, -0.05) is 12.1 Å². The largest absolute Gasteiger partial charge is 0.406 e. The highest BCUT2D eigenvalue weighted by molar-refractivity contribution is 7.89. The smallest absolute Gasteiger partial charge is 0.368 e. The quantitative estimate of drug-likeness (QED) is 0.825. The average molecular weight is 342 g/mol. The van der Waals surface area contributed by atoms with Crippen molar-refractivity contribution in [2.24, 2.45) is 5.73 Å². The number of nitrogens with zero attached hydrogens (tertiary/aromatic N) is 1. The van der Waals surface area contributed by atoms with E-state index in [1.807, 2.05) is 0 Å². The first-order valence-corrected chi connectivity index (χ1v) is 7.47. The third-order valence-corrected chi connectivity index (χ3v) is 5.28. The molecule has 0 unspecified atom stereocenters. The number of amides is 1. The normalized spacial score (nSPS) is 15.6. The number of nitrogens with two attached hydrogens (primary N) is 1. The lowest BCUT2D eigenvalue weighted by Gasteiger charge is -2.29. The van der Waals surface area contributed by atoms with Crippen LogP contribution in [0, 0.1) is 5.82 Å². The molecule has 1 aromatic rings. The van der Waals surface area contributed by atoms with Gasteiger partial charge in [0.1, 0.15) is 11.9 Å². The van der Waals surface area contributed by atoms with Gasteiger partial charge in [0.25, 0.3) is 0 Å². The fraction of sp³-hybridized carbons (Fsp3) is 0.417. The van der Waals surface area contributed by atoms with Crippen molar-refractivity contribution < 1.29 is 30.8 Å². The Bertz CT molecular complexity index is 661. The number of likely N-dealkylation sites (N-methyl/N-ethyl adjacent to an activating group) is 1. The Balaban J connectivity index is 3.31. The van der Waals surface area contributed by atoms with Crippen molar-refractivity contribution in [1.29, 1.82) is 0 Å². The van der Waals surface area contributed by atoms with E-state index in [1.54, 1.807) is 0 Å². The van der Waals surface area contributed by atoms with Crippen LogP contribution in [0.5, 0.6) is 0 Å². The molecule has 1 rings (SSSR count). The van der Waals surface area contributed by atoms with Crippen LogP contribution in [0.15, 0.2) is 24.3 Å². The summed E-state index contributed by atoms with van der Waals surface area (Å²) in [6.45, 7) is 0.454. The van der Waals surface area contributed by atoms with Crippen LogP contribution in [0.25, 0.3) is 0 Å². The van der Waals surface area contributed by atoms with Gasteiger partial charge >= 0.3 is 6.18 Å². The van der Waals surface area contributed by atoms with Gasteiger partial charge in [-0.3, -0.25) is 4.79 Å². The van der Waals surface area contributed by atoms with Crippen LogP contribution in [0.1, 0.15) is 18.5 Å². The van der Waals surface area contributed by atoms with Gasteiger partial charge in [0, 0.05) is 7.05 Å². The minimum atomic E-state index is -5.02. The van der Waals surface area contributed by atoms with Crippen LogP contribution in [-0.4, -0.2) is 37.1 Å². The second-order valence-corrected chi connectivity index (χ2v) is 6.92. The molecular weight excluding hydrogens is 328 g/mol. The third kappa shape index (κ3) is 3.74. The zero-order chi connectivity index (χ0) is 17.3. The number of halogens is 4. The molecule has 0 aliphatic carbocycles. The second kappa shape index (κ2) is 6.21. The fourth-order valence-electron chi connectivity index (χ4n) is 1.80. The molecule has 5 nitrogen and oxygen atoms in total. The highest BCUT2D eigenvalue weighted by Crippen LogP contribution is 2.31. The maximum Gasteiger partial charge on any atom is 0.406 e. The third-order valence-electron chi connectivity index (χ3n) is 3.11. The van der Waals surface area contributed by atoms with Gasteiger partial charge in [-0.2, -0.15) is 17.5 Å². The molecule has 0 saturated heterocycles. The highest BCUT2D eigenvalue weighted by atomic mass is 32.2. The van der Waals surface area contributed by atoms with E-state index in [1.165, 1.54) is 12.1 Å². The van der Waals surface area contributed by atoms with Crippen molar-refractivity contribution in [2.75, 3.05) is 7.05 Å². The van der Waals surface area contributed by atoms with Crippen LogP contribution < -0.4 is 5.73 Å². The molecule has 22 heavy (non-hydrogen) atoms. The number of primary amides is 1. The van der Waals surface area contributed by atoms with Gasteiger partial charge in [0.05, 0.1) is 0 Å². The Hall–Kier alpha value is -1.68. The molecule has 1 amide bonds. The fourth-order valence-corrected chi connectivity index (χ4v) is 3.15. The van der Waals surface area contributed by atoms with E-state index >= 15 is 0 Å². The van der Waals surface area contributed by atoms with E-state index in [0.717, 1.165) is 19.2 Å². The van der Waals surface area contributed by atoms with E-state index in [2.05, 4.69) is 0 Å². The standard InChI is InChI=1S/C12H14F4N2O3S/c1-7(12(14,15)16)22(20,21)18(2)10(11(17)19)8-4-3-5-9(13)6-8/h3-7,10H,1-2H3,(H2,17,19)/t7-,10-/m0/s1. The number of rotatable bonds is 5. The highest BCUT2D eigenvalue weighted by Gasteiger charge is 2.49. The molecular formula is C12H14F4N2O3S. The molecule has 0 spiro atoms. The summed E-state index contributed by atoms with van der Waals surface area (Å²) in [7, 11) is -4.13. The Morgan fingerprint density at radius 2 is 1.86 bits per heavy atom. The Morgan fingerprint density at radius 3 is 2.27 bits per heavy atom. The maximum atomic E-state index is 13.2. The molecule has 0 bridgehead atoms. The summed E-state index contributed by atoms with van der Waals surface area (Å²) in [4.78, 5) is 11.5. The zero-order valence-corrected chi connectivity index (χ0v) is 12.5. The number of alkyl halides is 3. The molecule has 0 radical (unpaired) electrons. The molecule has 0 aromatic heterocycles. The Kier molecular flexibility index (Phi) is 5.18. The summed E-state index contributed by atoms with van der Waals surface area (Å²) in [5.74, 6) is -2.00. The Labute approximate surface area is 124 Å². The van der Waals surface area contributed by atoms with Crippen LogP contribution in [0.4, 0.5) is 17.6 Å². The van der Waals surface area contributed by atoms with E-state index in [-0.39, 0.29) is 9.87 Å². The van der Waals surface area contributed by atoms with Crippen LogP contribution >= 0.6 is 0 Å². The number of carbonyl (C=O) groups is 1. The molecule has 0 aliphatic heterocycles. The topological polar surface area (TPSA) is 80.5 Å². The molecule has 2 N–H and O–H groups in total. The molecule has 1 aromatic carbocycles.